The van der Waals surface area contributed by atoms with Gasteiger partial charge >= 0.3 is 0 Å². The molecule has 0 atom stereocenters. The Labute approximate surface area is 101 Å². The molecule has 1 aromatic carbocycles. The zero-order chi connectivity index (χ0) is 11.8. The predicted octanol–water partition coefficient (Wildman–Crippen LogP) is 3.03. The molecular formula is C13H16ClNO. The summed E-state index contributed by atoms with van der Waals surface area (Å²) >= 11 is 6.19. The summed E-state index contributed by atoms with van der Waals surface area (Å²) in [4.78, 5) is 0. The van der Waals surface area contributed by atoms with Gasteiger partial charge in [0.05, 0.1) is 5.02 Å². The van der Waals surface area contributed by atoms with Gasteiger partial charge in [-0.25, -0.2) is 0 Å². The largest absolute Gasteiger partial charge is 0.486 e. The van der Waals surface area contributed by atoms with Crippen LogP contribution in [-0.4, -0.2) is 12.1 Å². The van der Waals surface area contributed by atoms with E-state index in [1.807, 2.05) is 18.2 Å². The lowest BCUT2D eigenvalue weighted by Gasteiger charge is -2.17. The van der Waals surface area contributed by atoms with Crippen LogP contribution in [0.3, 0.4) is 0 Å². The van der Waals surface area contributed by atoms with E-state index in [-0.39, 0.29) is 5.60 Å². The minimum absolute atomic E-state index is 0.151. The van der Waals surface area contributed by atoms with Crippen LogP contribution in [0, 0.1) is 0 Å². The van der Waals surface area contributed by atoms with E-state index in [1.54, 1.807) is 0 Å². The van der Waals surface area contributed by atoms with Gasteiger partial charge in [0.15, 0.2) is 0 Å². The topological polar surface area (TPSA) is 35.2 Å². The molecule has 0 unspecified atom stereocenters. The molecule has 0 spiro atoms. The standard InChI is InChI=1S/C13H16ClNO/c1-13(2)8-10-6-9(4-3-5-15)7-11(14)12(10)16-13/h3-4,6-7H,5,8,15H2,1-2H3/b4-3+. The molecule has 0 aliphatic carbocycles. The van der Waals surface area contributed by atoms with E-state index in [9.17, 15) is 0 Å². The number of hydrogen-bond acceptors (Lipinski definition) is 2. The molecule has 0 bridgehead atoms. The lowest BCUT2D eigenvalue weighted by molar-refractivity contribution is 0.138. The van der Waals surface area contributed by atoms with Gasteiger partial charge in [-0.2, -0.15) is 0 Å². The summed E-state index contributed by atoms with van der Waals surface area (Å²) < 4.78 is 5.80. The van der Waals surface area contributed by atoms with Crippen LogP contribution in [0.4, 0.5) is 0 Å². The van der Waals surface area contributed by atoms with E-state index in [0.29, 0.717) is 11.6 Å². The summed E-state index contributed by atoms with van der Waals surface area (Å²) in [6.07, 6.45) is 4.79. The van der Waals surface area contributed by atoms with E-state index >= 15 is 0 Å². The van der Waals surface area contributed by atoms with Crippen molar-refractivity contribution >= 4 is 17.7 Å². The van der Waals surface area contributed by atoms with Gasteiger partial charge in [-0.1, -0.05) is 23.8 Å². The van der Waals surface area contributed by atoms with Crippen LogP contribution in [0.15, 0.2) is 18.2 Å². The van der Waals surface area contributed by atoms with E-state index in [2.05, 4.69) is 19.9 Å². The molecule has 0 fully saturated rings. The van der Waals surface area contributed by atoms with Crippen molar-refractivity contribution in [2.24, 2.45) is 5.73 Å². The zero-order valence-electron chi connectivity index (χ0n) is 9.59. The summed E-state index contributed by atoms with van der Waals surface area (Å²) in [7, 11) is 0. The maximum Gasteiger partial charge on any atom is 0.142 e. The van der Waals surface area contributed by atoms with Gasteiger partial charge in [0.25, 0.3) is 0 Å². The fourth-order valence-electron chi connectivity index (χ4n) is 1.99. The maximum atomic E-state index is 6.19. The number of nitrogens with two attached hydrogens (primary N) is 1. The van der Waals surface area contributed by atoms with E-state index in [4.69, 9.17) is 22.1 Å². The second kappa shape index (κ2) is 4.11. The summed E-state index contributed by atoms with van der Waals surface area (Å²) in [5.74, 6) is 0.830. The molecule has 3 heteroatoms. The first-order valence-electron chi connectivity index (χ1n) is 5.40. The number of hydrogen-bond donors (Lipinski definition) is 1. The average molecular weight is 238 g/mol. The Kier molecular flexibility index (Phi) is 2.96. The molecule has 0 saturated carbocycles. The Balaban J connectivity index is 2.38. The first-order valence-corrected chi connectivity index (χ1v) is 5.78. The Morgan fingerprint density at radius 3 is 2.94 bits per heavy atom. The van der Waals surface area contributed by atoms with Crippen molar-refractivity contribution in [1.29, 1.82) is 0 Å². The van der Waals surface area contributed by atoms with Gasteiger partial charge in [0.1, 0.15) is 11.4 Å². The molecule has 1 heterocycles. The van der Waals surface area contributed by atoms with E-state index < -0.39 is 0 Å². The smallest absolute Gasteiger partial charge is 0.142 e. The van der Waals surface area contributed by atoms with Crippen LogP contribution in [0.1, 0.15) is 25.0 Å². The lowest BCUT2D eigenvalue weighted by atomic mass is 10.00. The van der Waals surface area contributed by atoms with Crippen molar-refractivity contribution in [3.8, 4) is 5.75 Å². The van der Waals surface area contributed by atoms with Crippen molar-refractivity contribution in [2.75, 3.05) is 6.54 Å². The van der Waals surface area contributed by atoms with E-state index in [0.717, 1.165) is 17.7 Å². The van der Waals surface area contributed by atoms with Crippen molar-refractivity contribution < 1.29 is 4.74 Å². The highest BCUT2D eigenvalue weighted by Crippen LogP contribution is 2.41. The quantitative estimate of drug-likeness (QED) is 0.858. The highest BCUT2D eigenvalue weighted by atomic mass is 35.5. The minimum Gasteiger partial charge on any atom is -0.486 e. The first kappa shape index (κ1) is 11.5. The van der Waals surface area contributed by atoms with Gasteiger partial charge in [-0.05, 0) is 31.5 Å². The van der Waals surface area contributed by atoms with Crippen molar-refractivity contribution in [3.05, 3.63) is 34.4 Å². The predicted molar refractivity (Wildman–Crippen MR) is 68.0 cm³/mol. The van der Waals surface area contributed by atoms with Crippen LogP contribution in [0.25, 0.3) is 6.08 Å². The molecule has 2 rings (SSSR count). The number of fused-ring (bicyclic) bond motifs is 1. The Morgan fingerprint density at radius 1 is 1.50 bits per heavy atom. The highest BCUT2D eigenvalue weighted by molar-refractivity contribution is 6.32. The number of rotatable bonds is 2. The summed E-state index contributed by atoms with van der Waals surface area (Å²) in [6.45, 7) is 4.67. The second-order valence-electron chi connectivity index (χ2n) is 4.67. The number of benzene rings is 1. The van der Waals surface area contributed by atoms with Crippen molar-refractivity contribution in [3.63, 3.8) is 0 Å². The van der Waals surface area contributed by atoms with Gasteiger partial charge in [0, 0.05) is 18.5 Å². The molecule has 86 valence electrons. The van der Waals surface area contributed by atoms with Crippen LogP contribution >= 0.6 is 11.6 Å². The molecule has 1 aliphatic rings. The Hall–Kier alpha value is -0.990. The molecule has 0 aromatic heterocycles. The molecular weight excluding hydrogens is 222 g/mol. The molecule has 2 nitrogen and oxygen atoms in total. The van der Waals surface area contributed by atoms with E-state index in [1.165, 1.54) is 5.56 Å². The minimum atomic E-state index is -0.151. The van der Waals surface area contributed by atoms with Crippen molar-refractivity contribution in [2.45, 2.75) is 25.9 Å². The van der Waals surface area contributed by atoms with Crippen LogP contribution in [0.5, 0.6) is 5.75 Å². The molecule has 0 amide bonds. The van der Waals surface area contributed by atoms with Gasteiger partial charge in [-0.3, -0.25) is 0 Å². The van der Waals surface area contributed by atoms with Gasteiger partial charge < -0.3 is 10.5 Å². The first-order chi connectivity index (χ1) is 7.52. The van der Waals surface area contributed by atoms with Crippen molar-refractivity contribution in [1.82, 2.24) is 0 Å². The van der Waals surface area contributed by atoms with Crippen LogP contribution < -0.4 is 10.5 Å². The second-order valence-corrected chi connectivity index (χ2v) is 5.07. The molecule has 1 aliphatic heterocycles. The average Bonchev–Trinajstić information content (AvgIpc) is 2.50. The zero-order valence-corrected chi connectivity index (χ0v) is 10.3. The van der Waals surface area contributed by atoms with Gasteiger partial charge in [0.2, 0.25) is 0 Å². The summed E-state index contributed by atoms with van der Waals surface area (Å²) in [5.41, 5.74) is 7.53. The fourth-order valence-corrected chi connectivity index (χ4v) is 2.28. The third-order valence-corrected chi connectivity index (χ3v) is 2.86. The SMILES string of the molecule is CC1(C)Cc2cc(/C=C/CN)cc(Cl)c2O1. The molecule has 0 radical (unpaired) electrons. The molecule has 16 heavy (non-hydrogen) atoms. The highest BCUT2D eigenvalue weighted by Gasteiger charge is 2.31. The number of ether oxygens (including phenoxy) is 1. The summed E-state index contributed by atoms with van der Waals surface area (Å²) in [5, 5.41) is 0.680. The third-order valence-electron chi connectivity index (χ3n) is 2.58. The third kappa shape index (κ3) is 2.23. The van der Waals surface area contributed by atoms with Crippen LogP contribution in [0.2, 0.25) is 5.02 Å². The number of halogens is 1. The molecule has 0 saturated heterocycles. The molecule has 1 aromatic rings. The van der Waals surface area contributed by atoms with Gasteiger partial charge in [-0.15, -0.1) is 0 Å². The Bertz CT molecular complexity index is 438. The normalized spacial score (nSPS) is 17.5. The fraction of sp³-hybridized carbons (Fsp3) is 0.385. The monoisotopic (exact) mass is 237 g/mol. The lowest BCUT2D eigenvalue weighted by Crippen LogP contribution is -2.24. The molecule has 2 N–H and O–H groups in total. The van der Waals surface area contributed by atoms with Crippen LogP contribution in [-0.2, 0) is 6.42 Å². The Morgan fingerprint density at radius 2 is 2.25 bits per heavy atom. The summed E-state index contributed by atoms with van der Waals surface area (Å²) in [6, 6.07) is 4.02. The maximum absolute atomic E-state index is 6.19.